The first-order valence-electron chi connectivity index (χ1n) is 7.14. The van der Waals surface area contributed by atoms with Crippen LogP contribution in [0.4, 0.5) is 4.39 Å². The fraction of sp³-hybridized carbons (Fsp3) is 0.333. The van der Waals surface area contributed by atoms with Crippen molar-refractivity contribution in [2.45, 2.75) is 37.9 Å². The first kappa shape index (κ1) is 15.2. The lowest BCUT2D eigenvalue weighted by atomic mass is 9.97. The number of hydrogen-bond acceptors (Lipinski definition) is 0. The normalized spacial score (nSPS) is 12.4. The van der Waals surface area contributed by atoms with Gasteiger partial charge < -0.3 is 0 Å². The third-order valence-corrected chi connectivity index (χ3v) is 4.53. The third kappa shape index (κ3) is 3.69. The summed E-state index contributed by atoms with van der Waals surface area (Å²) in [5, 5.41) is 0. The molecule has 0 radical (unpaired) electrons. The van der Waals surface area contributed by atoms with E-state index in [-0.39, 0.29) is 10.6 Å². The topological polar surface area (TPSA) is 0 Å². The number of aryl methyl sites for hydroxylation is 2. The summed E-state index contributed by atoms with van der Waals surface area (Å²) in [5.41, 5.74) is 5.29. The highest BCUT2D eigenvalue weighted by atomic mass is 79.9. The van der Waals surface area contributed by atoms with Crippen LogP contribution in [-0.2, 0) is 19.3 Å². The molecule has 1 unspecified atom stereocenters. The van der Waals surface area contributed by atoms with E-state index >= 15 is 0 Å². The second-order valence-electron chi connectivity index (χ2n) is 5.03. The van der Waals surface area contributed by atoms with E-state index < -0.39 is 0 Å². The van der Waals surface area contributed by atoms with Gasteiger partial charge in [-0.1, -0.05) is 60.1 Å². The zero-order valence-corrected chi connectivity index (χ0v) is 13.6. The summed E-state index contributed by atoms with van der Waals surface area (Å²) in [6, 6.07) is 13.5. The molecule has 106 valence electrons. The van der Waals surface area contributed by atoms with Crippen molar-refractivity contribution in [3.8, 4) is 0 Å². The zero-order chi connectivity index (χ0) is 14.5. The van der Waals surface area contributed by atoms with Crippen LogP contribution in [0.3, 0.4) is 0 Å². The molecule has 0 spiro atoms. The molecule has 2 rings (SSSR count). The van der Waals surface area contributed by atoms with Crippen LogP contribution in [-0.4, -0.2) is 0 Å². The number of hydrogen-bond donors (Lipinski definition) is 0. The Labute approximate surface area is 129 Å². The molecule has 0 aliphatic carbocycles. The number of rotatable bonds is 5. The maximum Gasteiger partial charge on any atom is 0.123 e. The van der Waals surface area contributed by atoms with Crippen molar-refractivity contribution in [2.24, 2.45) is 0 Å². The summed E-state index contributed by atoms with van der Waals surface area (Å²) in [6.07, 6.45) is 3.01. The summed E-state index contributed by atoms with van der Waals surface area (Å²) < 4.78 is 12.9. The van der Waals surface area contributed by atoms with E-state index in [1.165, 1.54) is 28.8 Å². The Hall–Kier alpha value is -1.15. The predicted octanol–water partition coefficient (Wildman–Crippen LogP) is 5.63. The van der Waals surface area contributed by atoms with E-state index in [0.717, 1.165) is 24.8 Å². The molecule has 0 heterocycles. The maximum atomic E-state index is 12.9. The Balaban J connectivity index is 2.16. The van der Waals surface area contributed by atoms with Gasteiger partial charge in [-0.15, -0.1) is 0 Å². The van der Waals surface area contributed by atoms with Gasteiger partial charge in [-0.05, 0) is 53.6 Å². The molecule has 0 fully saturated rings. The van der Waals surface area contributed by atoms with Crippen LogP contribution in [0.5, 0.6) is 0 Å². The van der Waals surface area contributed by atoms with E-state index in [1.54, 1.807) is 0 Å². The van der Waals surface area contributed by atoms with Gasteiger partial charge in [-0.2, -0.15) is 0 Å². The molecule has 0 N–H and O–H groups in total. The molecule has 0 aromatic heterocycles. The van der Waals surface area contributed by atoms with Crippen LogP contribution in [0.2, 0.25) is 0 Å². The number of alkyl halides is 1. The van der Waals surface area contributed by atoms with Crippen molar-refractivity contribution in [1.29, 1.82) is 0 Å². The van der Waals surface area contributed by atoms with Gasteiger partial charge in [-0.3, -0.25) is 0 Å². The summed E-state index contributed by atoms with van der Waals surface area (Å²) in [7, 11) is 0. The van der Waals surface area contributed by atoms with Gasteiger partial charge >= 0.3 is 0 Å². The van der Waals surface area contributed by atoms with E-state index in [2.05, 4.69) is 48.0 Å². The summed E-state index contributed by atoms with van der Waals surface area (Å²) >= 11 is 3.76. The molecule has 2 aromatic carbocycles. The van der Waals surface area contributed by atoms with Gasteiger partial charge in [0, 0.05) is 4.83 Å². The first-order valence-corrected chi connectivity index (χ1v) is 8.05. The highest BCUT2D eigenvalue weighted by Gasteiger charge is 2.10. The molecule has 0 nitrogen and oxygen atoms in total. The number of halogens is 2. The molecule has 0 amide bonds. The standard InChI is InChI=1S/C18H20BrF/c1-3-14-7-8-16(12-15(14)4-2)18(19)11-13-5-9-17(20)10-6-13/h5-10,12,18H,3-4,11H2,1-2H3. The average Bonchev–Trinajstić information content (AvgIpc) is 2.48. The molecule has 0 saturated heterocycles. The lowest BCUT2D eigenvalue weighted by Crippen LogP contribution is -1.99. The van der Waals surface area contributed by atoms with Gasteiger partial charge in [0.25, 0.3) is 0 Å². The van der Waals surface area contributed by atoms with Crippen molar-refractivity contribution in [3.63, 3.8) is 0 Å². The van der Waals surface area contributed by atoms with Crippen LogP contribution in [0.25, 0.3) is 0 Å². The second-order valence-corrected chi connectivity index (χ2v) is 6.14. The zero-order valence-electron chi connectivity index (χ0n) is 12.0. The molecule has 0 bridgehead atoms. The Bertz CT molecular complexity index is 560. The molecule has 0 aliphatic rings. The Morgan fingerprint density at radius 1 is 0.950 bits per heavy atom. The van der Waals surface area contributed by atoms with Crippen LogP contribution in [0, 0.1) is 5.82 Å². The minimum atomic E-state index is -0.180. The van der Waals surface area contributed by atoms with Gasteiger partial charge in [0.2, 0.25) is 0 Å². The monoisotopic (exact) mass is 334 g/mol. The van der Waals surface area contributed by atoms with Crippen LogP contribution in [0.15, 0.2) is 42.5 Å². The van der Waals surface area contributed by atoms with Gasteiger partial charge in [-0.25, -0.2) is 4.39 Å². The van der Waals surface area contributed by atoms with E-state index in [9.17, 15) is 4.39 Å². The van der Waals surface area contributed by atoms with E-state index in [0.29, 0.717) is 0 Å². The highest BCUT2D eigenvalue weighted by Crippen LogP contribution is 2.29. The molecule has 2 aromatic rings. The summed E-state index contributed by atoms with van der Waals surface area (Å²) in [6.45, 7) is 4.39. The Kier molecular flexibility index (Phi) is 5.36. The van der Waals surface area contributed by atoms with Gasteiger partial charge in [0.05, 0.1) is 0 Å². The van der Waals surface area contributed by atoms with Crippen LogP contribution < -0.4 is 0 Å². The molecule has 0 aliphatic heterocycles. The van der Waals surface area contributed by atoms with Crippen molar-refractivity contribution < 1.29 is 4.39 Å². The molecule has 1 atom stereocenters. The minimum Gasteiger partial charge on any atom is -0.207 e. The average molecular weight is 335 g/mol. The first-order chi connectivity index (χ1) is 9.63. The van der Waals surface area contributed by atoms with Gasteiger partial charge in [0.15, 0.2) is 0 Å². The van der Waals surface area contributed by atoms with Crippen LogP contribution in [0.1, 0.15) is 40.9 Å². The van der Waals surface area contributed by atoms with Crippen molar-refractivity contribution in [3.05, 3.63) is 70.5 Å². The Morgan fingerprint density at radius 3 is 2.20 bits per heavy atom. The lowest BCUT2D eigenvalue weighted by Gasteiger charge is -2.14. The smallest absolute Gasteiger partial charge is 0.123 e. The molecular formula is C18H20BrF. The summed E-state index contributed by atoms with van der Waals surface area (Å²) in [4.78, 5) is 0.268. The SMILES string of the molecule is CCc1ccc(C(Br)Cc2ccc(F)cc2)cc1CC. The minimum absolute atomic E-state index is 0.180. The van der Waals surface area contributed by atoms with Crippen molar-refractivity contribution >= 4 is 15.9 Å². The summed E-state index contributed by atoms with van der Waals surface area (Å²) in [5.74, 6) is -0.180. The molecule has 20 heavy (non-hydrogen) atoms. The molecule has 2 heteroatoms. The lowest BCUT2D eigenvalue weighted by molar-refractivity contribution is 0.627. The third-order valence-electron chi connectivity index (χ3n) is 3.68. The fourth-order valence-corrected chi connectivity index (χ4v) is 3.12. The molecule has 0 saturated carbocycles. The van der Waals surface area contributed by atoms with E-state index in [4.69, 9.17) is 0 Å². The Morgan fingerprint density at radius 2 is 1.60 bits per heavy atom. The maximum absolute atomic E-state index is 12.9. The number of benzene rings is 2. The quantitative estimate of drug-likeness (QED) is 0.621. The fourth-order valence-electron chi connectivity index (χ4n) is 2.46. The highest BCUT2D eigenvalue weighted by molar-refractivity contribution is 9.09. The second kappa shape index (κ2) is 7.03. The van der Waals surface area contributed by atoms with Crippen LogP contribution >= 0.6 is 15.9 Å². The van der Waals surface area contributed by atoms with Crippen molar-refractivity contribution in [2.75, 3.05) is 0 Å². The predicted molar refractivity (Wildman–Crippen MR) is 87.0 cm³/mol. The van der Waals surface area contributed by atoms with Crippen molar-refractivity contribution in [1.82, 2.24) is 0 Å². The largest absolute Gasteiger partial charge is 0.207 e. The van der Waals surface area contributed by atoms with Gasteiger partial charge in [0.1, 0.15) is 5.82 Å². The molecular weight excluding hydrogens is 315 g/mol. The van der Waals surface area contributed by atoms with E-state index in [1.807, 2.05) is 12.1 Å².